The predicted octanol–water partition coefficient (Wildman–Crippen LogP) is 1.21. The van der Waals surface area contributed by atoms with Crippen molar-refractivity contribution in [3.63, 3.8) is 0 Å². The Labute approximate surface area is 170 Å². The van der Waals surface area contributed by atoms with Crippen LogP contribution in [0.25, 0.3) is 0 Å². The van der Waals surface area contributed by atoms with Crippen LogP contribution in [0.3, 0.4) is 0 Å². The van der Waals surface area contributed by atoms with Gasteiger partial charge in [-0.3, -0.25) is 0 Å². The maximum absolute atomic E-state index is 10.5. The number of hydrogen-bond donors (Lipinski definition) is 4. The Bertz CT molecular complexity index is 893. The topological polar surface area (TPSA) is 99.4 Å². The molecule has 6 heteroatoms. The molecule has 4 N–H and O–H groups in total. The minimum Gasteiger partial charge on any atom is -0.496 e. The lowest BCUT2D eigenvalue weighted by Gasteiger charge is -2.40. The van der Waals surface area contributed by atoms with E-state index in [1.54, 1.807) is 7.11 Å². The van der Waals surface area contributed by atoms with Gasteiger partial charge in [-0.25, -0.2) is 0 Å². The van der Waals surface area contributed by atoms with Crippen molar-refractivity contribution in [1.29, 1.82) is 0 Å². The molecule has 0 aromatic heterocycles. The fourth-order valence-corrected chi connectivity index (χ4v) is 4.32. The van der Waals surface area contributed by atoms with Gasteiger partial charge in [0.25, 0.3) is 0 Å². The van der Waals surface area contributed by atoms with Gasteiger partial charge < -0.3 is 29.9 Å². The summed E-state index contributed by atoms with van der Waals surface area (Å²) in [7, 11) is 1.63. The second-order valence-electron chi connectivity index (χ2n) is 8.05. The van der Waals surface area contributed by atoms with Gasteiger partial charge >= 0.3 is 0 Å². The highest BCUT2D eigenvalue weighted by molar-refractivity contribution is 5.47. The van der Waals surface area contributed by atoms with Gasteiger partial charge in [-0.1, -0.05) is 18.2 Å². The lowest BCUT2D eigenvalue weighted by atomic mass is 9.85. The van der Waals surface area contributed by atoms with Crippen LogP contribution in [0.1, 0.15) is 39.5 Å². The summed E-state index contributed by atoms with van der Waals surface area (Å²) in [4.78, 5) is 0. The van der Waals surface area contributed by atoms with Crippen LogP contribution < -0.4 is 4.74 Å². The number of ether oxygens (including phenoxy) is 2. The quantitative estimate of drug-likeness (QED) is 0.602. The van der Waals surface area contributed by atoms with E-state index in [2.05, 4.69) is 18.2 Å². The highest BCUT2D eigenvalue weighted by Crippen LogP contribution is 2.37. The Morgan fingerprint density at radius 2 is 1.76 bits per heavy atom. The molecule has 1 fully saturated rings. The van der Waals surface area contributed by atoms with E-state index in [0.29, 0.717) is 12.0 Å². The number of hydrogen-bond acceptors (Lipinski definition) is 6. The Kier molecular flexibility index (Phi) is 5.64. The molecule has 0 bridgehead atoms. The molecule has 0 saturated carbocycles. The monoisotopic (exact) mass is 400 g/mol. The summed E-state index contributed by atoms with van der Waals surface area (Å²) < 4.78 is 11.4. The summed E-state index contributed by atoms with van der Waals surface area (Å²) >= 11 is 0. The molecule has 5 atom stereocenters. The summed E-state index contributed by atoms with van der Waals surface area (Å²) in [5, 5.41) is 40.3. The molecule has 0 radical (unpaired) electrons. The maximum atomic E-state index is 10.5. The zero-order valence-electron chi connectivity index (χ0n) is 16.7. The van der Waals surface area contributed by atoms with Gasteiger partial charge in [0.1, 0.15) is 36.3 Å². The van der Waals surface area contributed by atoms with Crippen LogP contribution in [0.5, 0.6) is 5.75 Å². The molecule has 2 aliphatic rings. The Balaban J connectivity index is 1.68. The summed E-state index contributed by atoms with van der Waals surface area (Å²) in [6.45, 7) is 1.44. The average Bonchev–Trinajstić information content (AvgIpc) is 2.70. The molecule has 1 heterocycles. The highest BCUT2D eigenvalue weighted by Gasteiger charge is 2.44. The van der Waals surface area contributed by atoms with Crippen molar-refractivity contribution < 1.29 is 29.9 Å². The van der Waals surface area contributed by atoms with Crippen molar-refractivity contribution in [2.24, 2.45) is 0 Å². The van der Waals surface area contributed by atoms with Crippen LogP contribution in [0.2, 0.25) is 0 Å². The van der Waals surface area contributed by atoms with E-state index in [9.17, 15) is 20.4 Å². The first-order valence-electron chi connectivity index (χ1n) is 10.0. The van der Waals surface area contributed by atoms with E-state index in [1.165, 1.54) is 16.7 Å². The molecular weight excluding hydrogens is 372 g/mol. The van der Waals surface area contributed by atoms with E-state index >= 15 is 0 Å². The second-order valence-corrected chi connectivity index (χ2v) is 8.05. The van der Waals surface area contributed by atoms with Crippen molar-refractivity contribution in [3.8, 4) is 5.75 Å². The number of aliphatic hydroxyl groups excluding tert-OH is 4. The number of benzene rings is 2. The zero-order chi connectivity index (χ0) is 20.7. The van der Waals surface area contributed by atoms with Crippen molar-refractivity contribution in [1.82, 2.24) is 0 Å². The average molecular weight is 400 g/mol. The minimum absolute atomic E-state index is 0.446. The van der Waals surface area contributed by atoms with Crippen LogP contribution in [0.4, 0.5) is 0 Å². The largest absolute Gasteiger partial charge is 0.496 e. The molecule has 4 rings (SSSR count). The number of rotatable bonds is 5. The number of fused-ring (bicyclic) bond motifs is 1. The SMILES string of the molecule is COc1cc(C)c([C@@H]2O[C@H](CO)[C@@H](O)[C@H](O)[C@H]2O)cc1Cc1ccc2c(c1)CC2. The number of methoxy groups -OCH3 is 1. The summed E-state index contributed by atoms with van der Waals surface area (Å²) in [6.07, 6.45) is -2.93. The van der Waals surface area contributed by atoms with Gasteiger partial charge in [0.15, 0.2) is 0 Å². The van der Waals surface area contributed by atoms with Gasteiger partial charge in [-0.2, -0.15) is 0 Å². The third-order valence-corrected chi connectivity index (χ3v) is 6.20. The Hall–Kier alpha value is -1.96. The lowest BCUT2D eigenvalue weighted by molar-refractivity contribution is -0.231. The van der Waals surface area contributed by atoms with Gasteiger partial charge in [0.2, 0.25) is 0 Å². The predicted molar refractivity (Wildman–Crippen MR) is 107 cm³/mol. The summed E-state index contributed by atoms with van der Waals surface area (Å²) in [6, 6.07) is 10.4. The van der Waals surface area contributed by atoms with Crippen LogP contribution in [-0.2, 0) is 24.0 Å². The summed E-state index contributed by atoms with van der Waals surface area (Å²) in [5.74, 6) is 0.749. The lowest BCUT2D eigenvalue weighted by Crippen LogP contribution is -2.55. The van der Waals surface area contributed by atoms with Crippen molar-refractivity contribution >= 4 is 0 Å². The number of aliphatic hydroxyl groups is 4. The van der Waals surface area contributed by atoms with Gasteiger partial charge in [0, 0.05) is 6.42 Å². The first-order chi connectivity index (χ1) is 13.9. The van der Waals surface area contributed by atoms with Crippen molar-refractivity contribution in [2.45, 2.75) is 56.7 Å². The van der Waals surface area contributed by atoms with Gasteiger partial charge in [-0.05, 0) is 65.3 Å². The van der Waals surface area contributed by atoms with E-state index in [1.807, 2.05) is 19.1 Å². The molecule has 29 heavy (non-hydrogen) atoms. The number of aryl methyl sites for hydroxylation is 3. The summed E-state index contributed by atoms with van der Waals surface area (Å²) in [5.41, 5.74) is 6.48. The zero-order valence-corrected chi connectivity index (χ0v) is 16.7. The molecule has 2 aromatic carbocycles. The molecule has 0 amide bonds. The molecule has 0 spiro atoms. The molecule has 156 valence electrons. The van der Waals surface area contributed by atoms with E-state index < -0.39 is 37.1 Å². The Morgan fingerprint density at radius 1 is 1.00 bits per heavy atom. The molecule has 6 nitrogen and oxygen atoms in total. The van der Waals surface area contributed by atoms with Crippen LogP contribution in [-0.4, -0.2) is 58.6 Å². The first kappa shape index (κ1) is 20.3. The molecule has 1 aliphatic heterocycles. The van der Waals surface area contributed by atoms with Crippen molar-refractivity contribution in [3.05, 3.63) is 63.7 Å². The maximum Gasteiger partial charge on any atom is 0.122 e. The van der Waals surface area contributed by atoms with E-state index in [-0.39, 0.29) is 0 Å². The van der Waals surface area contributed by atoms with Crippen molar-refractivity contribution in [2.75, 3.05) is 13.7 Å². The smallest absolute Gasteiger partial charge is 0.122 e. The van der Waals surface area contributed by atoms with Gasteiger partial charge in [-0.15, -0.1) is 0 Å². The first-order valence-corrected chi connectivity index (χ1v) is 10.0. The highest BCUT2D eigenvalue weighted by atomic mass is 16.5. The second kappa shape index (κ2) is 8.05. The fraction of sp³-hybridized carbons (Fsp3) is 0.478. The molecule has 1 saturated heterocycles. The third-order valence-electron chi connectivity index (χ3n) is 6.20. The van der Waals surface area contributed by atoms with Crippen LogP contribution >= 0.6 is 0 Å². The molecule has 1 aliphatic carbocycles. The van der Waals surface area contributed by atoms with Gasteiger partial charge in [0.05, 0.1) is 13.7 Å². The normalized spacial score (nSPS) is 28.6. The van der Waals surface area contributed by atoms with Crippen LogP contribution in [0, 0.1) is 6.92 Å². The Morgan fingerprint density at radius 3 is 2.38 bits per heavy atom. The molecule has 0 unspecified atom stereocenters. The van der Waals surface area contributed by atoms with Crippen LogP contribution in [0.15, 0.2) is 30.3 Å². The third kappa shape index (κ3) is 3.67. The molecular formula is C23H28O6. The van der Waals surface area contributed by atoms with E-state index in [0.717, 1.165) is 29.7 Å². The molecule has 2 aromatic rings. The fourth-order valence-electron chi connectivity index (χ4n) is 4.32. The standard InChI is InChI=1S/C23H28O6/c1-12-7-18(28-2)16(9-13-3-4-14-5-6-15(14)8-13)10-17(12)23-22(27)21(26)20(25)19(11-24)29-23/h3-4,7-8,10,19-27H,5-6,9,11H2,1-2H3/t19-,20-,21+,22-,23+/m1/s1. The minimum atomic E-state index is -1.40. The van der Waals surface area contributed by atoms with E-state index in [4.69, 9.17) is 9.47 Å².